The van der Waals surface area contributed by atoms with Gasteiger partial charge in [-0.2, -0.15) is 5.26 Å². The van der Waals surface area contributed by atoms with Crippen molar-refractivity contribution in [3.63, 3.8) is 0 Å². The van der Waals surface area contributed by atoms with Crippen LogP contribution in [0.15, 0.2) is 24.3 Å². The van der Waals surface area contributed by atoms with Crippen molar-refractivity contribution in [1.82, 2.24) is 0 Å². The van der Waals surface area contributed by atoms with E-state index < -0.39 is 15.3 Å². The Kier molecular flexibility index (Phi) is 4.74. The third-order valence-corrected chi connectivity index (χ3v) is 5.03. The maximum atomic E-state index is 12.3. The molecular weight excluding hydrogens is 248 g/mol. The average molecular weight is 266 g/mol. The van der Waals surface area contributed by atoms with Crippen LogP contribution in [0.2, 0.25) is 0 Å². The molecule has 0 aliphatic heterocycles. The molecule has 0 fully saturated rings. The van der Waals surface area contributed by atoms with Crippen molar-refractivity contribution in [2.45, 2.75) is 32.4 Å². The molecule has 4 nitrogen and oxygen atoms in total. The highest BCUT2D eigenvalue weighted by Crippen LogP contribution is 2.22. The van der Waals surface area contributed by atoms with Crippen molar-refractivity contribution in [3.8, 4) is 6.07 Å². The summed E-state index contributed by atoms with van der Waals surface area (Å²) in [6, 6.07) is 9.11. The summed E-state index contributed by atoms with van der Waals surface area (Å²) in [6.07, 6.45) is 0.293. The van der Waals surface area contributed by atoms with Crippen LogP contribution in [0.4, 0.5) is 5.69 Å². The van der Waals surface area contributed by atoms with Crippen LogP contribution in [0.1, 0.15) is 25.8 Å². The maximum absolute atomic E-state index is 12.3. The first-order chi connectivity index (χ1) is 8.47. The van der Waals surface area contributed by atoms with Crippen LogP contribution in [-0.4, -0.2) is 20.2 Å². The van der Waals surface area contributed by atoms with Crippen molar-refractivity contribution in [2.75, 3.05) is 10.8 Å². The van der Waals surface area contributed by atoms with Crippen molar-refractivity contribution >= 4 is 15.7 Å². The molecule has 18 heavy (non-hydrogen) atoms. The smallest absolute Gasteiger partial charge is 0.251 e. The van der Waals surface area contributed by atoms with Crippen molar-refractivity contribution in [2.24, 2.45) is 0 Å². The van der Waals surface area contributed by atoms with Crippen LogP contribution < -0.4 is 4.31 Å². The summed E-state index contributed by atoms with van der Waals surface area (Å²) < 4.78 is 25.9. The first-order valence-corrected chi connectivity index (χ1v) is 7.45. The maximum Gasteiger partial charge on any atom is 0.251 e. The Morgan fingerprint density at radius 2 is 1.83 bits per heavy atom. The molecule has 0 aromatic heterocycles. The summed E-state index contributed by atoms with van der Waals surface area (Å²) in [5.41, 5.74) is 1.68. The molecule has 0 aliphatic rings. The molecule has 0 radical (unpaired) electrons. The Labute approximate surface area is 109 Å². The fraction of sp³-hybridized carbons (Fsp3) is 0.462. The van der Waals surface area contributed by atoms with Gasteiger partial charge in [-0.05, 0) is 32.4 Å². The van der Waals surface area contributed by atoms with Crippen LogP contribution >= 0.6 is 0 Å². The van der Waals surface area contributed by atoms with E-state index in [2.05, 4.69) is 0 Å². The minimum Gasteiger partial charge on any atom is -0.269 e. The SMILES string of the molecule is CCC(C#N)S(=O)(=O)N(CC)c1ccc(C)cc1. The Hall–Kier alpha value is -1.54. The van der Waals surface area contributed by atoms with E-state index in [1.807, 2.05) is 25.1 Å². The Bertz CT molecular complexity index is 529. The Morgan fingerprint density at radius 1 is 1.28 bits per heavy atom. The number of sulfonamides is 1. The third-order valence-electron chi connectivity index (χ3n) is 2.79. The van der Waals surface area contributed by atoms with E-state index in [0.717, 1.165) is 5.56 Å². The zero-order valence-corrected chi connectivity index (χ0v) is 11.7. The molecule has 0 aliphatic carbocycles. The molecule has 0 amide bonds. The van der Waals surface area contributed by atoms with Crippen molar-refractivity contribution < 1.29 is 8.42 Å². The lowest BCUT2D eigenvalue weighted by atomic mass is 10.2. The summed E-state index contributed by atoms with van der Waals surface area (Å²) in [4.78, 5) is 0. The second-order valence-corrected chi connectivity index (χ2v) is 6.11. The molecule has 0 N–H and O–H groups in total. The molecule has 0 saturated carbocycles. The van der Waals surface area contributed by atoms with E-state index in [1.165, 1.54) is 4.31 Å². The number of nitriles is 1. The second-order valence-electron chi connectivity index (χ2n) is 4.07. The molecule has 0 heterocycles. The zero-order chi connectivity index (χ0) is 13.8. The normalized spacial score (nSPS) is 12.8. The molecule has 0 bridgehead atoms. The highest BCUT2D eigenvalue weighted by atomic mass is 32.2. The first kappa shape index (κ1) is 14.5. The number of benzene rings is 1. The molecule has 1 aromatic rings. The molecule has 5 heteroatoms. The number of hydrogen-bond acceptors (Lipinski definition) is 3. The second kappa shape index (κ2) is 5.87. The van der Waals surface area contributed by atoms with Crippen LogP contribution in [-0.2, 0) is 10.0 Å². The van der Waals surface area contributed by atoms with Gasteiger partial charge < -0.3 is 0 Å². The van der Waals surface area contributed by atoms with Crippen LogP contribution in [0.5, 0.6) is 0 Å². The summed E-state index contributed by atoms with van der Waals surface area (Å²) in [5.74, 6) is 0. The van der Waals surface area contributed by atoms with Gasteiger partial charge in [0.05, 0.1) is 11.8 Å². The molecule has 1 unspecified atom stereocenters. The topological polar surface area (TPSA) is 61.2 Å². The van der Waals surface area contributed by atoms with Crippen LogP contribution in [0.3, 0.4) is 0 Å². The number of nitrogens with zero attached hydrogens (tertiary/aromatic N) is 2. The Balaban J connectivity index is 3.18. The number of hydrogen-bond donors (Lipinski definition) is 0. The highest BCUT2D eigenvalue weighted by Gasteiger charge is 2.30. The Morgan fingerprint density at radius 3 is 2.22 bits per heavy atom. The fourth-order valence-electron chi connectivity index (χ4n) is 1.74. The van der Waals surface area contributed by atoms with E-state index in [1.54, 1.807) is 26.0 Å². The lowest BCUT2D eigenvalue weighted by Crippen LogP contribution is -2.38. The van der Waals surface area contributed by atoms with Gasteiger partial charge in [0.25, 0.3) is 10.0 Å². The summed E-state index contributed by atoms with van der Waals surface area (Å²) in [5, 5.41) is 7.95. The molecule has 0 saturated heterocycles. The average Bonchev–Trinajstić information content (AvgIpc) is 2.33. The van der Waals surface area contributed by atoms with Gasteiger partial charge in [-0.3, -0.25) is 4.31 Å². The van der Waals surface area contributed by atoms with E-state index in [4.69, 9.17) is 5.26 Å². The summed E-state index contributed by atoms with van der Waals surface area (Å²) >= 11 is 0. The van der Waals surface area contributed by atoms with Gasteiger partial charge in [-0.15, -0.1) is 0 Å². The quantitative estimate of drug-likeness (QED) is 0.822. The monoisotopic (exact) mass is 266 g/mol. The van der Waals surface area contributed by atoms with Gasteiger partial charge in [0.2, 0.25) is 0 Å². The molecular formula is C13H18N2O2S. The van der Waals surface area contributed by atoms with Gasteiger partial charge in [0, 0.05) is 6.54 Å². The standard InChI is InChI=1S/C13H18N2O2S/c1-4-13(10-14)18(16,17)15(5-2)12-8-6-11(3)7-9-12/h6-9,13H,4-5H2,1-3H3. The molecule has 1 rings (SSSR count). The molecule has 1 atom stereocenters. The lowest BCUT2D eigenvalue weighted by molar-refractivity contribution is 0.583. The first-order valence-electron chi connectivity index (χ1n) is 5.95. The van der Waals surface area contributed by atoms with Crippen molar-refractivity contribution in [1.29, 1.82) is 5.26 Å². The predicted octanol–water partition coefficient (Wildman–Crippen LogP) is 2.45. The third kappa shape index (κ3) is 2.82. The van der Waals surface area contributed by atoms with E-state index in [0.29, 0.717) is 18.7 Å². The summed E-state index contributed by atoms with van der Waals surface area (Å²) in [6.45, 7) is 5.73. The van der Waals surface area contributed by atoms with E-state index >= 15 is 0 Å². The van der Waals surface area contributed by atoms with Gasteiger partial charge in [-0.1, -0.05) is 24.6 Å². The minimum atomic E-state index is -3.61. The summed E-state index contributed by atoms with van der Waals surface area (Å²) in [7, 11) is -3.61. The van der Waals surface area contributed by atoms with E-state index in [9.17, 15) is 8.42 Å². The minimum absolute atomic E-state index is 0.293. The lowest BCUT2D eigenvalue weighted by Gasteiger charge is -2.25. The molecule has 98 valence electrons. The van der Waals surface area contributed by atoms with Gasteiger partial charge in [0.15, 0.2) is 5.25 Å². The van der Waals surface area contributed by atoms with Crippen LogP contribution in [0.25, 0.3) is 0 Å². The number of rotatable bonds is 5. The van der Waals surface area contributed by atoms with E-state index in [-0.39, 0.29) is 0 Å². The zero-order valence-electron chi connectivity index (χ0n) is 10.9. The predicted molar refractivity (Wildman–Crippen MR) is 72.8 cm³/mol. The largest absolute Gasteiger partial charge is 0.269 e. The fourth-order valence-corrected chi connectivity index (χ4v) is 3.38. The molecule has 0 spiro atoms. The van der Waals surface area contributed by atoms with Crippen LogP contribution in [0, 0.1) is 18.3 Å². The number of anilines is 1. The van der Waals surface area contributed by atoms with Crippen molar-refractivity contribution in [3.05, 3.63) is 29.8 Å². The highest BCUT2D eigenvalue weighted by molar-refractivity contribution is 7.93. The number of aryl methyl sites for hydroxylation is 1. The molecule has 1 aromatic carbocycles. The van der Waals surface area contributed by atoms with Gasteiger partial charge in [0.1, 0.15) is 0 Å². The van der Waals surface area contributed by atoms with Gasteiger partial charge in [-0.25, -0.2) is 8.42 Å². The van der Waals surface area contributed by atoms with Gasteiger partial charge >= 0.3 is 0 Å².